The second-order valence-electron chi connectivity index (χ2n) is 6.13. The third kappa shape index (κ3) is 3.05. The van der Waals surface area contributed by atoms with Crippen LogP contribution in [0.5, 0.6) is 17.2 Å². The minimum atomic E-state index is -2.24. The molecule has 25 heavy (non-hydrogen) atoms. The van der Waals surface area contributed by atoms with E-state index >= 15 is 0 Å². The van der Waals surface area contributed by atoms with E-state index in [1.54, 1.807) is 13.3 Å². The monoisotopic (exact) mass is 353 g/mol. The van der Waals surface area contributed by atoms with Gasteiger partial charge in [0.05, 0.1) is 12.6 Å². The first-order valence-corrected chi connectivity index (χ1v) is 9.79. The van der Waals surface area contributed by atoms with Crippen LogP contribution < -0.4 is 9.47 Å². The average molecular weight is 353 g/mol. The molecule has 3 aromatic rings. The zero-order chi connectivity index (χ0) is 17.4. The molecule has 0 saturated heterocycles. The van der Waals surface area contributed by atoms with Gasteiger partial charge in [0.2, 0.25) is 0 Å². The second-order valence-corrected chi connectivity index (χ2v) is 8.59. The van der Waals surface area contributed by atoms with Crippen LogP contribution in [0, 0.1) is 9.56 Å². The van der Waals surface area contributed by atoms with Crippen LogP contribution in [-0.4, -0.2) is 17.3 Å². The second kappa shape index (κ2) is 6.04. The predicted octanol–water partition coefficient (Wildman–Crippen LogP) is 5.24. The topological polar surface area (TPSA) is 79.0 Å². The number of ether oxygens (including phenoxy) is 2. The molecule has 0 unspecified atom stereocenters. The molecule has 128 valence electrons. The fraction of sp³-hybridized carbons (Fsp3) is 0.211. The van der Waals surface area contributed by atoms with Gasteiger partial charge in [0, 0.05) is 27.8 Å². The van der Waals surface area contributed by atoms with Gasteiger partial charge >= 0.3 is 0 Å². The van der Waals surface area contributed by atoms with Gasteiger partial charge < -0.3 is 9.47 Å². The van der Waals surface area contributed by atoms with E-state index in [1.165, 1.54) is 0 Å². The van der Waals surface area contributed by atoms with Crippen LogP contribution in [0.3, 0.4) is 0 Å². The van der Waals surface area contributed by atoms with E-state index in [4.69, 9.17) is 19.0 Å². The normalized spacial score (nSPS) is 14.4. The van der Waals surface area contributed by atoms with Crippen molar-refractivity contribution in [3.8, 4) is 17.2 Å². The number of nitrogens with zero attached hydrogens (tertiary/aromatic N) is 1. The van der Waals surface area contributed by atoms with Gasteiger partial charge in [-0.2, -0.15) is 0 Å². The van der Waals surface area contributed by atoms with E-state index in [1.807, 2.05) is 48.5 Å². The van der Waals surface area contributed by atoms with E-state index in [-0.39, 0.29) is 5.25 Å². The molecule has 6 heteroatoms. The number of hydrogen-bond acceptors (Lipinski definition) is 5. The molecule has 0 amide bonds. The fourth-order valence-electron chi connectivity index (χ4n) is 2.80. The van der Waals surface area contributed by atoms with Crippen molar-refractivity contribution in [2.75, 3.05) is 7.11 Å². The minimum absolute atomic E-state index is 0.206. The van der Waals surface area contributed by atoms with Gasteiger partial charge in [0.1, 0.15) is 17.2 Å². The van der Waals surface area contributed by atoms with Gasteiger partial charge in [0.25, 0.3) is 0 Å². The van der Waals surface area contributed by atoms with Gasteiger partial charge in [-0.15, -0.1) is 0 Å². The number of aromatic nitrogens is 1. The summed E-state index contributed by atoms with van der Waals surface area (Å²) >= 11 is 0. The Labute approximate surface area is 147 Å². The summed E-state index contributed by atoms with van der Waals surface area (Å²) in [4.78, 5) is 5.12. The molecular formula is C19H19N3O2S. The number of fused-ring (bicyclic) bond motifs is 1. The van der Waals surface area contributed by atoms with Crippen LogP contribution in [0.15, 0.2) is 59.6 Å². The van der Waals surface area contributed by atoms with Crippen molar-refractivity contribution in [3.05, 3.63) is 54.7 Å². The van der Waals surface area contributed by atoms with Gasteiger partial charge in [-0.1, -0.05) is 6.07 Å². The maximum absolute atomic E-state index is 8.41. The van der Waals surface area contributed by atoms with E-state index in [0.29, 0.717) is 11.5 Å². The Morgan fingerprint density at radius 1 is 1.04 bits per heavy atom. The minimum Gasteiger partial charge on any atom is -0.497 e. The fourth-order valence-corrected chi connectivity index (χ4v) is 4.62. The zero-order valence-corrected chi connectivity index (χ0v) is 14.7. The van der Waals surface area contributed by atoms with Crippen molar-refractivity contribution in [1.82, 2.24) is 4.98 Å². The molecule has 1 aromatic heterocycles. The maximum Gasteiger partial charge on any atom is 0.138 e. The Hall–Kier alpha value is -2.60. The number of pyridine rings is 1. The lowest BCUT2D eigenvalue weighted by molar-refractivity contribution is 0.415. The molecule has 1 aliphatic carbocycles. The molecule has 2 N–H and O–H groups in total. The Bertz CT molecular complexity index is 1040. The number of rotatable bonds is 5. The molecule has 5 nitrogen and oxygen atoms in total. The highest BCUT2D eigenvalue weighted by molar-refractivity contribution is 7.94. The van der Waals surface area contributed by atoms with Gasteiger partial charge in [0.15, 0.2) is 0 Å². The third-order valence-corrected chi connectivity index (χ3v) is 6.81. The summed E-state index contributed by atoms with van der Waals surface area (Å²) in [6.07, 6.45) is 3.68. The molecular weight excluding hydrogens is 334 g/mol. The van der Waals surface area contributed by atoms with Crippen molar-refractivity contribution in [2.45, 2.75) is 23.0 Å². The summed E-state index contributed by atoms with van der Waals surface area (Å²) in [5.41, 5.74) is 0.798. The highest BCUT2D eigenvalue weighted by atomic mass is 32.2. The average Bonchev–Trinajstić information content (AvgIpc) is 3.47. The molecule has 4 rings (SSSR count). The zero-order valence-electron chi connectivity index (χ0n) is 13.9. The first-order chi connectivity index (χ1) is 12.1. The summed E-state index contributed by atoms with van der Waals surface area (Å²) in [6.45, 7) is 0. The van der Waals surface area contributed by atoms with Gasteiger partial charge in [-0.05, 0) is 58.9 Å². The smallest absolute Gasteiger partial charge is 0.138 e. The van der Waals surface area contributed by atoms with Gasteiger partial charge in [-0.3, -0.25) is 14.5 Å². The Balaban J connectivity index is 1.70. The molecule has 0 aliphatic heterocycles. The molecule has 1 heterocycles. The maximum atomic E-state index is 8.41. The van der Waals surface area contributed by atoms with E-state index < -0.39 is 9.62 Å². The molecule has 0 radical (unpaired) electrons. The summed E-state index contributed by atoms with van der Waals surface area (Å²) in [5, 5.41) is 1.10. The number of methoxy groups -OCH3 is 1. The van der Waals surface area contributed by atoms with E-state index in [0.717, 1.165) is 34.4 Å². The molecule has 1 aliphatic rings. The highest BCUT2D eigenvalue weighted by Gasteiger charge is 2.30. The standard InChI is InChI=1S/C19H19N3O2S/c1-23-13-5-8-17-18(12-13)22-10-9-19(17)24-14-3-2-4-16(11-14)25(20,21)15-6-7-15/h2-5,8-12,15,20-21H,6-7H2,1H3. The summed E-state index contributed by atoms with van der Waals surface area (Å²) < 4.78 is 28.1. The molecule has 1 fully saturated rings. The third-order valence-electron chi connectivity index (χ3n) is 4.34. The lowest BCUT2D eigenvalue weighted by atomic mass is 10.2. The van der Waals surface area contributed by atoms with Crippen molar-refractivity contribution in [1.29, 1.82) is 9.56 Å². The van der Waals surface area contributed by atoms with Crippen LogP contribution in [0.2, 0.25) is 0 Å². The number of nitrogens with one attached hydrogen (secondary N) is 2. The van der Waals surface area contributed by atoms with E-state index in [2.05, 4.69) is 4.98 Å². The van der Waals surface area contributed by atoms with Crippen molar-refractivity contribution in [3.63, 3.8) is 0 Å². The Morgan fingerprint density at radius 2 is 1.88 bits per heavy atom. The van der Waals surface area contributed by atoms with Crippen molar-refractivity contribution < 1.29 is 9.47 Å². The largest absolute Gasteiger partial charge is 0.497 e. The summed E-state index contributed by atoms with van der Waals surface area (Å²) in [5.74, 6) is 2.10. The first kappa shape index (κ1) is 15.9. The molecule has 0 spiro atoms. The van der Waals surface area contributed by atoms with Crippen LogP contribution >= 0.6 is 0 Å². The quantitative estimate of drug-likeness (QED) is 0.658. The SMILES string of the molecule is COc1ccc2c(Oc3cccc(S(=N)(=N)C4CC4)c3)ccnc2c1. The predicted molar refractivity (Wildman–Crippen MR) is 98.9 cm³/mol. The van der Waals surface area contributed by atoms with E-state index in [9.17, 15) is 0 Å². The molecule has 2 aromatic carbocycles. The Morgan fingerprint density at radius 3 is 2.64 bits per heavy atom. The first-order valence-electron chi connectivity index (χ1n) is 8.10. The molecule has 0 bridgehead atoms. The molecule has 1 saturated carbocycles. The van der Waals surface area contributed by atoms with Crippen LogP contribution in [0.25, 0.3) is 10.9 Å². The van der Waals surface area contributed by atoms with Crippen molar-refractivity contribution >= 4 is 20.5 Å². The number of benzene rings is 2. The lowest BCUT2D eigenvalue weighted by Crippen LogP contribution is -2.03. The summed E-state index contributed by atoms with van der Waals surface area (Å²) in [6, 6.07) is 14.9. The Kier molecular flexibility index (Phi) is 3.84. The summed E-state index contributed by atoms with van der Waals surface area (Å²) in [7, 11) is -0.613. The van der Waals surface area contributed by atoms with Crippen molar-refractivity contribution in [2.24, 2.45) is 0 Å². The lowest BCUT2D eigenvalue weighted by Gasteiger charge is -2.13. The van der Waals surface area contributed by atoms with Gasteiger partial charge in [-0.25, -0.2) is 0 Å². The van der Waals surface area contributed by atoms with Crippen LogP contribution in [-0.2, 0) is 9.62 Å². The molecule has 0 atom stereocenters. The van der Waals surface area contributed by atoms with Crippen LogP contribution in [0.1, 0.15) is 12.8 Å². The highest BCUT2D eigenvalue weighted by Crippen LogP contribution is 2.37. The number of hydrogen-bond donors (Lipinski definition) is 2. The van der Waals surface area contributed by atoms with Crippen LogP contribution in [0.4, 0.5) is 0 Å².